The predicted molar refractivity (Wildman–Crippen MR) is 60.9 cm³/mol. The molecule has 3 N–H and O–H groups in total. The SMILES string of the molecule is Cc1cnc(NC(=O)C2(N)CCCC2)s1. The van der Waals surface area contributed by atoms with E-state index in [9.17, 15) is 4.79 Å². The fourth-order valence-electron chi connectivity index (χ4n) is 1.87. The Labute approximate surface area is 92.9 Å². The van der Waals surface area contributed by atoms with Gasteiger partial charge in [-0.25, -0.2) is 4.98 Å². The van der Waals surface area contributed by atoms with E-state index < -0.39 is 5.54 Å². The van der Waals surface area contributed by atoms with E-state index in [1.54, 1.807) is 6.20 Å². The molecule has 0 bridgehead atoms. The number of aromatic nitrogens is 1. The van der Waals surface area contributed by atoms with E-state index in [0.717, 1.165) is 30.6 Å². The Morgan fingerprint density at radius 3 is 2.80 bits per heavy atom. The van der Waals surface area contributed by atoms with Gasteiger partial charge in [-0.05, 0) is 19.8 Å². The normalized spacial score (nSPS) is 19.1. The van der Waals surface area contributed by atoms with Crippen LogP contribution >= 0.6 is 11.3 Å². The quantitative estimate of drug-likeness (QED) is 0.804. The lowest BCUT2D eigenvalue weighted by molar-refractivity contribution is -0.121. The molecule has 5 heteroatoms. The van der Waals surface area contributed by atoms with E-state index in [2.05, 4.69) is 10.3 Å². The topological polar surface area (TPSA) is 68.0 Å². The highest BCUT2D eigenvalue weighted by Crippen LogP contribution is 2.29. The summed E-state index contributed by atoms with van der Waals surface area (Å²) < 4.78 is 0. The molecule has 0 unspecified atom stereocenters. The number of hydrogen-bond acceptors (Lipinski definition) is 4. The van der Waals surface area contributed by atoms with E-state index in [1.807, 2.05) is 6.92 Å². The van der Waals surface area contributed by atoms with Crippen LogP contribution < -0.4 is 11.1 Å². The molecule has 0 aliphatic heterocycles. The molecule has 1 aliphatic rings. The third-order valence-electron chi connectivity index (χ3n) is 2.79. The molecule has 0 aromatic carbocycles. The zero-order valence-electron chi connectivity index (χ0n) is 8.75. The third kappa shape index (κ3) is 2.18. The minimum Gasteiger partial charge on any atom is -0.317 e. The summed E-state index contributed by atoms with van der Waals surface area (Å²) in [4.78, 5) is 17.1. The molecule has 1 fully saturated rings. The van der Waals surface area contributed by atoms with Gasteiger partial charge in [-0.2, -0.15) is 0 Å². The summed E-state index contributed by atoms with van der Waals surface area (Å²) in [5.74, 6) is -0.0886. The molecule has 0 spiro atoms. The number of nitrogens with two attached hydrogens (primary N) is 1. The van der Waals surface area contributed by atoms with Crippen LogP contribution in [0.3, 0.4) is 0 Å². The molecular weight excluding hydrogens is 210 g/mol. The van der Waals surface area contributed by atoms with Crippen molar-refractivity contribution in [3.05, 3.63) is 11.1 Å². The Bertz CT molecular complexity index is 368. The number of nitrogens with one attached hydrogen (secondary N) is 1. The summed E-state index contributed by atoms with van der Waals surface area (Å²) in [5, 5.41) is 3.44. The van der Waals surface area contributed by atoms with Crippen LogP contribution in [0.4, 0.5) is 5.13 Å². The average Bonchev–Trinajstić information content (AvgIpc) is 2.76. The lowest BCUT2D eigenvalue weighted by atomic mass is 9.98. The summed E-state index contributed by atoms with van der Waals surface area (Å²) >= 11 is 1.47. The van der Waals surface area contributed by atoms with Gasteiger partial charge in [-0.1, -0.05) is 12.8 Å². The van der Waals surface area contributed by atoms with Gasteiger partial charge < -0.3 is 11.1 Å². The van der Waals surface area contributed by atoms with Crippen LogP contribution in [0, 0.1) is 6.92 Å². The van der Waals surface area contributed by atoms with Gasteiger partial charge >= 0.3 is 0 Å². The molecule has 1 aromatic rings. The summed E-state index contributed by atoms with van der Waals surface area (Å²) in [6.45, 7) is 1.96. The molecule has 1 amide bonds. The summed E-state index contributed by atoms with van der Waals surface area (Å²) in [6, 6.07) is 0. The molecule has 1 heterocycles. The molecule has 15 heavy (non-hydrogen) atoms. The van der Waals surface area contributed by atoms with Gasteiger partial charge in [0.2, 0.25) is 5.91 Å². The van der Waals surface area contributed by atoms with E-state index in [0.29, 0.717) is 5.13 Å². The number of aryl methyl sites for hydroxylation is 1. The van der Waals surface area contributed by atoms with Crippen LogP contribution in [0.1, 0.15) is 30.6 Å². The van der Waals surface area contributed by atoms with Gasteiger partial charge in [-0.15, -0.1) is 11.3 Å². The molecule has 1 aliphatic carbocycles. The number of amides is 1. The van der Waals surface area contributed by atoms with Crippen LogP contribution in [0.2, 0.25) is 0 Å². The van der Waals surface area contributed by atoms with E-state index in [4.69, 9.17) is 5.73 Å². The Hall–Kier alpha value is -0.940. The first-order valence-corrected chi connectivity index (χ1v) is 5.95. The minimum absolute atomic E-state index is 0.0886. The third-order valence-corrected chi connectivity index (χ3v) is 3.62. The van der Waals surface area contributed by atoms with Crippen molar-refractivity contribution in [2.75, 3.05) is 5.32 Å². The Kier molecular flexibility index (Phi) is 2.75. The predicted octanol–water partition coefficient (Wildman–Crippen LogP) is 1.66. The number of nitrogens with zero attached hydrogens (tertiary/aromatic N) is 1. The number of anilines is 1. The number of carbonyl (C=O) groups excluding carboxylic acids is 1. The monoisotopic (exact) mass is 225 g/mol. The van der Waals surface area contributed by atoms with Crippen LogP contribution in [-0.2, 0) is 4.79 Å². The maximum absolute atomic E-state index is 11.9. The first-order chi connectivity index (χ1) is 7.10. The van der Waals surface area contributed by atoms with Gasteiger partial charge in [-0.3, -0.25) is 4.79 Å². The smallest absolute Gasteiger partial charge is 0.246 e. The number of thiazole rings is 1. The Balaban J connectivity index is 2.03. The van der Waals surface area contributed by atoms with Crippen molar-refractivity contribution >= 4 is 22.4 Å². The number of hydrogen-bond donors (Lipinski definition) is 2. The van der Waals surface area contributed by atoms with E-state index >= 15 is 0 Å². The highest BCUT2D eigenvalue weighted by atomic mass is 32.1. The van der Waals surface area contributed by atoms with E-state index in [1.165, 1.54) is 11.3 Å². The van der Waals surface area contributed by atoms with Crippen molar-refractivity contribution in [1.82, 2.24) is 4.98 Å². The maximum Gasteiger partial charge on any atom is 0.246 e. The van der Waals surface area contributed by atoms with Crippen molar-refractivity contribution in [2.24, 2.45) is 5.73 Å². The number of rotatable bonds is 2. The fourth-order valence-corrected chi connectivity index (χ4v) is 2.53. The maximum atomic E-state index is 11.9. The summed E-state index contributed by atoms with van der Waals surface area (Å²) in [6.07, 6.45) is 5.39. The van der Waals surface area contributed by atoms with Crippen LogP contribution in [0.25, 0.3) is 0 Å². The zero-order valence-corrected chi connectivity index (χ0v) is 9.56. The van der Waals surface area contributed by atoms with Gasteiger partial charge in [0.15, 0.2) is 5.13 Å². The lowest BCUT2D eigenvalue weighted by Crippen LogP contribution is -2.48. The average molecular weight is 225 g/mol. The molecule has 2 rings (SSSR count). The first-order valence-electron chi connectivity index (χ1n) is 5.13. The molecule has 4 nitrogen and oxygen atoms in total. The minimum atomic E-state index is -0.667. The molecule has 0 saturated heterocycles. The van der Waals surface area contributed by atoms with Gasteiger partial charge in [0.1, 0.15) is 0 Å². The van der Waals surface area contributed by atoms with Gasteiger partial charge in [0.05, 0.1) is 5.54 Å². The lowest BCUT2D eigenvalue weighted by Gasteiger charge is -2.21. The van der Waals surface area contributed by atoms with Crippen LogP contribution in [-0.4, -0.2) is 16.4 Å². The molecule has 1 aromatic heterocycles. The molecule has 0 atom stereocenters. The van der Waals surface area contributed by atoms with Crippen molar-refractivity contribution < 1.29 is 4.79 Å². The highest BCUT2D eigenvalue weighted by molar-refractivity contribution is 7.15. The second kappa shape index (κ2) is 3.90. The molecular formula is C10H15N3OS. The van der Waals surface area contributed by atoms with Crippen LogP contribution in [0.15, 0.2) is 6.20 Å². The van der Waals surface area contributed by atoms with E-state index in [-0.39, 0.29) is 5.91 Å². The fraction of sp³-hybridized carbons (Fsp3) is 0.600. The molecule has 0 radical (unpaired) electrons. The van der Waals surface area contributed by atoms with Crippen molar-refractivity contribution in [3.63, 3.8) is 0 Å². The van der Waals surface area contributed by atoms with Crippen LogP contribution in [0.5, 0.6) is 0 Å². The summed E-state index contributed by atoms with van der Waals surface area (Å²) in [5.41, 5.74) is 5.35. The van der Waals surface area contributed by atoms with Crippen molar-refractivity contribution in [1.29, 1.82) is 0 Å². The standard InChI is InChI=1S/C10H15N3OS/c1-7-6-12-9(15-7)13-8(14)10(11)4-2-3-5-10/h6H,2-5,11H2,1H3,(H,12,13,14). The largest absolute Gasteiger partial charge is 0.317 e. The molecule has 1 saturated carbocycles. The second-order valence-corrected chi connectivity index (χ2v) is 5.33. The highest BCUT2D eigenvalue weighted by Gasteiger charge is 2.37. The van der Waals surface area contributed by atoms with Gasteiger partial charge in [0, 0.05) is 11.1 Å². The second-order valence-electron chi connectivity index (χ2n) is 4.09. The van der Waals surface area contributed by atoms with Gasteiger partial charge in [0.25, 0.3) is 0 Å². The Morgan fingerprint density at radius 1 is 1.60 bits per heavy atom. The summed E-state index contributed by atoms with van der Waals surface area (Å²) in [7, 11) is 0. The van der Waals surface area contributed by atoms with Crippen molar-refractivity contribution in [3.8, 4) is 0 Å². The first kappa shape index (κ1) is 10.6. The van der Waals surface area contributed by atoms with Crippen molar-refractivity contribution in [2.45, 2.75) is 38.1 Å². The zero-order chi connectivity index (χ0) is 10.9. The number of carbonyl (C=O) groups is 1. The molecule has 82 valence electrons. The Morgan fingerprint density at radius 2 is 2.27 bits per heavy atom.